The topological polar surface area (TPSA) is 75.6 Å². The highest BCUT2D eigenvalue weighted by atomic mass is 16.6. The van der Waals surface area contributed by atoms with Crippen LogP contribution >= 0.6 is 0 Å². The summed E-state index contributed by atoms with van der Waals surface area (Å²) < 4.78 is 5.07. The van der Waals surface area contributed by atoms with Gasteiger partial charge in [0.2, 0.25) is 0 Å². The second-order valence-electron chi connectivity index (χ2n) is 5.62. The average Bonchev–Trinajstić information content (AvgIpc) is 2.57. The fourth-order valence-electron chi connectivity index (χ4n) is 2.11. The van der Waals surface area contributed by atoms with Gasteiger partial charge in [0.15, 0.2) is 0 Å². The largest absolute Gasteiger partial charge is 0.480 e. The first-order valence-corrected chi connectivity index (χ1v) is 6.10. The molecule has 0 bridgehead atoms. The third kappa shape index (κ3) is 4.05. The number of nitrogens with one attached hydrogen (secondary N) is 1. The highest BCUT2D eigenvalue weighted by Gasteiger charge is 2.35. The molecule has 0 heterocycles. The van der Waals surface area contributed by atoms with Gasteiger partial charge in [-0.15, -0.1) is 0 Å². The van der Waals surface area contributed by atoms with Gasteiger partial charge in [0.25, 0.3) is 0 Å². The Morgan fingerprint density at radius 2 is 2.11 bits per heavy atom. The molecule has 1 rings (SSSR count). The molecule has 0 aromatic carbocycles. The Hall–Kier alpha value is -1.52. The lowest BCUT2D eigenvalue weighted by Crippen LogP contribution is -2.47. The third-order valence-corrected chi connectivity index (χ3v) is 2.88. The summed E-state index contributed by atoms with van der Waals surface area (Å²) in [6.45, 7) is 9.06. The number of hydrogen-bond donors (Lipinski definition) is 2. The van der Waals surface area contributed by atoms with Crippen molar-refractivity contribution in [2.45, 2.75) is 51.7 Å². The number of carboxylic acid groups (broad SMARTS) is 1. The molecule has 102 valence electrons. The second-order valence-corrected chi connectivity index (χ2v) is 5.62. The molecule has 2 atom stereocenters. The smallest absolute Gasteiger partial charge is 0.408 e. The van der Waals surface area contributed by atoms with Crippen molar-refractivity contribution >= 4 is 12.1 Å². The molecule has 1 aliphatic carbocycles. The first-order chi connectivity index (χ1) is 8.20. The maximum absolute atomic E-state index is 11.6. The Balaban J connectivity index is 2.67. The summed E-state index contributed by atoms with van der Waals surface area (Å²) in [7, 11) is 0. The molecule has 5 nitrogen and oxygen atoms in total. The lowest BCUT2D eigenvalue weighted by Gasteiger charge is -2.25. The van der Waals surface area contributed by atoms with Crippen LogP contribution in [-0.2, 0) is 9.53 Å². The number of ether oxygens (including phenoxy) is 1. The van der Waals surface area contributed by atoms with Crippen molar-refractivity contribution in [3.63, 3.8) is 0 Å². The van der Waals surface area contributed by atoms with Crippen LogP contribution in [0, 0.1) is 5.92 Å². The zero-order chi connectivity index (χ0) is 13.9. The van der Waals surface area contributed by atoms with Crippen LogP contribution in [0.2, 0.25) is 0 Å². The molecule has 1 fully saturated rings. The van der Waals surface area contributed by atoms with E-state index in [1.165, 1.54) is 0 Å². The number of rotatable bonds is 3. The third-order valence-electron chi connectivity index (χ3n) is 2.88. The van der Waals surface area contributed by atoms with E-state index in [4.69, 9.17) is 4.74 Å². The molecular weight excluding hydrogens is 234 g/mol. The highest BCUT2D eigenvalue weighted by Crippen LogP contribution is 2.32. The van der Waals surface area contributed by atoms with E-state index in [0.29, 0.717) is 0 Å². The number of carboxylic acids is 1. The summed E-state index contributed by atoms with van der Waals surface area (Å²) in [5, 5.41) is 11.6. The normalized spacial score (nSPS) is 21.5. The number of aliphatic carboxylic acids is 1. The number of carbonyl (C=O) groups excluding carboxylic acids is 1. The zero-order valence-electron chi connectivity index (χ0n) is 11.2. The Kier molecular flexibility index (Phi) is 4.38. The molecule has 1 amide bonds. The lowest BCUT2D eigenvalue weighted by molar-refractivity contribution is -0.140. The zero-order valence-corrected chi connectivity index (χ0v) is 11.2. The molecule has 18 heavy (non-hydrogen) atoms. The van der Waals surface area contributed by atoms with Crippen LogP contribution in [-0.4, -0.2) is 28.8 Å². The molecular formula is C13H21NO4. The molecule has 1 aliphatic rings. The number of alkyl carbamates (subject to hydrolysis) is 1. The van der Waals surface area contributed by atoms with Gasteiger partial charge >= 0.3 is 12.1 Å². The van der Waals surface area contributed by atoms with Gasteiger partial charge in [-0.25, -0.2) is 9.59 Å². The molecule has 0 aromatic heterocycles. The van der Waals surface area contributed by atoms with Gasteiger partial charge in [0, 0.05) is 5.92 Å². The first-order valence-electron chi connectivity index (χ1n) is 6.10. The SMILES string of the molecule is C=C1CCC[C@H]1[C@@H](NC(=O)OC(C)(C)C)C(=O)O. The average molecular weight is 255 g/mol. The van der Waals surface area contributed by atoms with Gasteiger partial charge in [-0.2, -0.15) is 0 Å². The quantitative estimate of drug-likeness (QED) is 0.759. The Morgan fingerprint density at radius 1 is 1.50 bits per heavy atom. The standard InChI is InChI=1S/C13H21NO4/c1-8-6-5-7-9(8)10(11(15)16)14-12(17)18-13(2,3)4/h9-10H,1,5-7H2,2-4H3,(H,14,17)(H,15,16)/t9-,10-/m1/s1. The first kappa shape index (κ1) is 14.5. The van der Waals surface area contributed by atoms with Crippen LogP contribution in [0.5, 0.6) is 0 Å². The van der Waals surface area contributed by atoms with E-state index >= 15 is 0 Å². The number of carbonyl (C=O) groups is 2. The van der Waals surface area contributed by atoms with Crippen LogP contribution in [0.15, 0.2) is 12.2 Å². The van der Waals surface area contributed by atoms with Gasteiger partial charge in [-0.05, 0) is 40.0 Å². The number of hydrogen-bond acceptors (Lipinski definition) is 3. The Labute approximate surface area is 107 Å². The fourth-order valence-corrected chi connectivity index (χ4v) is 2.11. The Morgan fingerprint density at radius 3 is 2.50 bits per heavy atom. The second kappa shape index (κ2) is 5.42. The van der Waals surface area contributed by atoms with Crippen molar-refractivity contribution in [2.24, 2.45) is 5.92 Å². The van der Waals surface area contributed by atoms with Crippen molar-refractivity contribution in [2.75, 3.05) is 0 Å². The van der Waals surface area contributed by atoms with Gasteiger partial charge < -0.3 is 15.2 Å². The summed E-state index contributed by atoms with van der Waals surface area (Å²) in [6.07, 6.45) is 1.79. The summed E-state index contributed by atoms with van der Waals surface area (Å²) in [5.74, 6) is -1.25. The molecule has 0 radical (unpaired) electrons. The van der Waals surface area contributed by atoms with E-state index < -0.39 is 23.7 Å². The Bertz CT molecular complexity index is 356. The predicted molar refractivity (Wildman–Crippen MR) is 67.3 cm³/mol. The summed E-state index contributed by atoms with van der Waals surface area (Å²) >= 11 is 0. The monoisotopic (exact) mass is 255 g/mol. The molecule has 0 unspecified atom stereocenters. The summed E-state index contributed by atoms with van der Waals surface area (Å²) in [6, 6.07) is -0.949. The van der Waals surface area contributed by atoms with Gasteiger partial charge in [0.1, 0.15) is 11.6 Å². The van der Waals surface area contributed by atoms with Crippen molar-refractivity contribution in [1.82, 2.24) is 5.32 Å². The summed E-state index contributed by atoms with van der Waals surface area (Å²) in [4.78, 5) is 22.8. The van der Waals surface area contributed by atoms with Crippen LogP contribution in [0.4, 0.5) is 4.79 Å². The molecule has 0 saturated heterocycles. The minimum absolute atomic E-state index is 0.199. The van der Waals surface area contributed by atoms with E-state index in [1.54, 1.807) is 20.8 Å². The van der Waals surface area contributed by atoms with Crippen molar-refractivity contribution in [3.05, 3.63) is 12.2 Å². The van der Waals surface area contributed by atoms with Gasteiger partial charge in [-0.3, -0.25) is 0 Å². The summed E-state index contributed by atoms with van der Waals surface area (Å²) in [5.41, 5.74) is 0.248. The molecule has 1 saturated carbocycles. The van der Waals surface area contributed by atoms with Gasteiger partial charge in [0.05, 0.1) is 0 Å². The molecule has 0 aromatic rings. The van der Waals surface area contributed by atoms with Gasteiger partial charge in [-0.1, -0.05) is 12.2 Å². The predicted octanol–water partition coefficient (Wildman–Crippen LogP) is 2.32. The minimum atomic E-state index is -1.05. The van der Waals surface area contributed by atoms with Crippen LogP contribution < -0.4 is 5.32 Å². The lowest BCUT2D eigenvalue weighted by atomic mass is 9.95. The van der Waals surface area contributed by atoms with Crippen LogP contribution in [0.3, 0.4) is 0 Å². The molecule has 5 heteroatoms. The van der Waals surface area contributed by atoms with Crippen molar-refractivity contribution in [1.29, 1.82) is 0 Å². The van der Waals surface area contributed by atoms with E-state index in [9.17, 15) is 14.7 Å². The van der Waals surface area contributed by atoms with Crippen LogP contribution in [0.1, 0.15) is 40.0 Å². The molecule has 0 aliphatic heterocycles. The minimum Gasteiger partial charge on any atom is -0.480 e. The highest BCUT2D eigenvalue weighted by molar-refractivity contribution is 5.80. The van der Waals surface area contributed by atoms with E-state index in [2.05, 4.69) is 11.9 Å². The fraction of sp³-hybridized carbons (Fsp3) is 0.692. The van der Waals surface area contributed by atoms with E-state index in [-0.39, 0.29) is 5.92 Å². The molecule has 0 spiro atoms. The van der Waals surface area contributed by atoms with Crippen LogP contribution in [0.25, 0.3) is 0 Å². The maximum Gasteiger partial charge on any atom is 0.408 e. The van der Waals surface area contributed by atoms with Crippen molar-refractivity contribution < 1.29 is 19.4 Å². The maximum atomic E-state index is 11.6. The van der Waals surface area contributed by atoms with E-state index in [1.807, 2.05) is 0 Å². The van der Waals surface area contributed by atoms with E-state index in [0.717, 1.165) is 24.8 Å². The molecule has 2 N–H and O–H groups in total. The number of amides is 1. The van der Waals surface area contributed by atoms with Crippen molar-refractivity contribution in [3.8, 4) is 0 Å².